The Kier molecular flexibility index (Phi) is 6.65. The van der Waals surface area contributed by atoms with Crippen molar-refractivity contribution in [2.24, 2.45) is 0 Å². The fourth-order valence-electron chi connectivity index (χ4n) is 3.39. The number of rotatable bonds is 6. The zero-order valence-electron chi connectivity index (χ0n) is 18.1. The van der Waals surface area contributed by atoms with E-state index < -0.39 is 11.6 Å². The van der Waals surface area contributed by atoms with Gasteiger partial charge >= 0.3 is 0 Å². The first-order valence-corrected chi connectivity index (χ1v) is 10.7. The van der Waals surface area contributed by atoms with E-state index in [9.17, 15) is 8.78 Å². The first-order chi connectivity index (χ1) is 15.9. The summed E-state index contributed by atoms with van der Waals surface area (Å²) in [6.45, 7) is 4.32. The summed E-state index contributed by atoms with van der Waals surface area (Å²) in [5.41, 5.74) is 3.45. The Balaban J connectivity index is 1.46. The van der Waals surface area contributed by atoms with E-state index in [2.05, 4.69) is 15.7 Å². The molecule has 0 saturated heterocycles. The maximum atomic E-state index is 13.9. The van der Waals surface area contributed by atoms with Gasteiger partial charge in [-0.3, -0.25) is 4.68 Å². The predicted molar refractivity (Wildman–Crippen MR) is 130 cm³/mol. The third kappa shape index (κ3) is 5.53. The first-order valence-electron chi connectivity index (χ1n) is 10.3. The number of hydrogen-bond donors (Lipinski definition) is 2. The van der Waals surface area contributed by atoms with Crippen molar-refractivity contribution >= 4 is 28.7 Å². The molecule has 4 aromatic rings. The van der Waals surface area contributed by atoms with E-state index in [0.717, 1.165) is 46.3 Å². The van der Waals surface area contributed by atoms with Gasteiger partial charge in [-0.1, -0.05) is 30.3 Å². The second-order valence-electron chi connectivity index (χ2n) is 7.47. The van der Waals surface area contributed by atoms with Gasteiger partial charge in [-0.05, 0) is 68.0 Å². The van der Waals surface area contributed by atoms with Crippen molar-refractivity contribution in [1.29, 1.82) is 0 Å². The van der Waals surface area contributed by atoms with Gasteiger partial charge in [-0.25, -0.2) is 8.78 Å². The van der Waals surface area contributed by atoms with Gasteiger partial charge in [0, 0.05) is 6.07 Å². The van der Waals surface area contributed by atoms with E-state index in [1.165, 1.54) is 6.07 Å². The van der Waals surface area contributed by atoms with Crippen LogP contribution >= 0.6 is 12.2 Å². The van der Waals surface area contributed by atoms with Gasteiger partial charge in [0.25, 0.3) is 0 Å². The summed E-state index contributed by atoms with van der Waals surface area (Å²) in [7, 11) is 0. The Hall–Kier alpha value is -3.78. The van der Waals surface area contributed by atoms with Crippen LogP contribution in [0.4, 0.5) is 20.2 Å². The molecule has 5 nitrogen and oxygen atoms in total. The topological polar surface area (TPSA) is 51.1 Å². The van der Waals surface area contributed by atoms with Crippen LogP contribution < -0.4 is 15.4 Å². The molecule has 1 heterocycles. The molecule has 0 unspecified atom stereocenters. The van der Waals surface area contributed by atoms with Gasteiger partial charge in [0.2, 0.25) is 0 Å². The average molecular weight is 465 g/mol. The molecule has 0 aliphatic rings. The Morgan fingerprint density at radius 2 is 1.70 bits per heavy atom. The molecule has 0 amide bonds. The van der Waals surface area contributed by atoms with E-state index in [-0.39, 0.29) is 10.8 Å². The van der Waals surface area contributed by atoms with Crippen molar-refractivity contribution in [2.45, 2.75) is 20.4 Å². The lowest BCUT2D eigenvalue weighted by molar-refractivity contribution is 0.481. The summed E-state index contributed by atoms with van der Waals surface area (Å²) >= 11 is 5.31. The Morgan fingerprint density at radius 1 is 0.939 bits per heavy atom. The van der Waals surface area contributed by atoms with Crippen LogP contribution in [0.2, 0.25) is 0 Å². The summed E-state index contributed by atoms with van der Waals surface area (Å²) in [5, 5.41) is 10.6. The molecule has 1 aromatic heterocycles. The number of aryl methyl sites for hydroxylation is 1. The van der Waals surface area contributed by atoms with E-state index in [0.29, 0.717) is 6.54 Å². The van der Waals surface area contributed by atoms with E-state index >= 15 is 0 Å². The monoisotopic (exact) mass is 464 g/mol. The number of halogens is 2. The van der Waals surface area contributed by atoms with Gasteiger partial charge < -0.3 is 15.4 Å². The minimum absolute atomic E-state index is 0.0897. The molecule has 0 aliphatic carbocycles. The van der Waals surface area contributed by atoms with E-state index in [4.69, 9.17) is 17.0 Å². The number of ether oxygens (including phenoxy) is 1. The minimum Gasteiger partial charge on any atom is -0.457 e. The zero-order chi connectivity index (χ0) is 23.4. The molecule has 0 radical (unpaired) electrons. The van der Waals surface area contributed by atoms with Crippen molar-refractivity contribution in [3.63, 3.8) is 0 Å². The van der Waals surface area contributed by atoms with Crippen molar-refractivity contribution in [2.75, 3.05) is 10.6 Å². The molecule has 0 aliphatic heterocycles. The third-order valence-corrected chi connectivity index (χ3v) is 5.21. The van der Waals surface area contributed by atoms with Crippen LogP contribution in [0, 0.1) is 25.5 Å². The highest BCUT2D eigenvalue weighted by Gasteiger charge is 2.14. The quantitative estimate of drug-likeness (QED) is 0.322. The highest BCUT2D eigenvalue weighted by molar-refractivity contribution is 7.80. The average Bonchev–Trinajstić information content (AvgIpc) is 3.04. The predicted octanol–water partition coefficient (Wildman–Crippen LogP) is 6.43. The highest BCUT2D eigenvalue weighted by atomic mass is 32.1. The number of para-hydroxylation sites is 1. The lowest BCUT2D eigenvalue weighted by Gasteiger charge is -2.12. The largest absolute Gasteiger partial charge is 0.457 e. The summed E-state index contributed by atoms with van der Waals surface area (Å²) in [5.74, 6) is 0.139. The van der Waals surface area contributed by atoms with E-state index in [1.807, 2.05) is 73.1 Å². The fraction of sp³-hybridized carbons (Fsp3) is 0.120. The van der Waals surface area contributed by atoms with Crippen LogP contribution in [-0.4, -0.2) is 14.9 Å². The molecule has 168 valence electrons. The number of thiocarbonyl (C=S) groups is 1. The van der Waals surface area contributed by atoms with Crippen LogP contribution in [0.25, 0.3) is 0 Å². The van der Waals surface area contributed by atoms with Crippen molar-refractivity contribution in [1.82, 2.24) is 9.78 Å². The Bertz CT molecular complexity index is 1290. The molecule has 33 heavy (non-hydrogen) atoms. The molecular formula is C25H22F2N4OS. The Morgan fingerprint density at radius 3 is 2.45 bits per heavy atom. The lowest BCUT2D eigenvalue weighted by Crippen LogP contribution is -2.20. The molecule has 4 rings (SSSR count). The summed E-state index contributed by atoms with van der Waals surface area (Å²) in [6, 6.07) is 20.7. The smallest absolute Gasteiger partial charge is 0.175 e. The van der Waals surface area contributed by atoms with Crippen molar-refractivity contribution in [3.8, 4) is 11.5 Å². The van der Waals surface area contributed by atoms with Crippen LogP contribution in [-0.2, 0) is 6.54 Å². The molecular weight excluding hydrogens is 442 g/mol. The molecule has 0 atom stereocenters. The molecule has 2 N–H and O–H groups in total. The number of hydrogen-bond acceptors (Lipinski definition) is 3. The van der Waals surface area contributed by atoms with Crippen LogP contribution in [0.1, 0.15) is 17.0 Å². The third-order valence-electron chi connectivity index (χ3n) is 5.01. The highest BCUT2D eigenvalue weighted by Crippen LogP contribution is 2.25. The van der Waals surface area contributed by atoms with Gasteiger partial charge in [0.1, 0.15) is 23.1 Å². The molecule has 3 aromatic carbocycles. The first kappa shape index (κ1) is 22.4. The second-order valence-corrected chi connectivity index (χ2v) is 7.88. The zero-order valence-corrected chi connectivity index (χ0v) is 18.9. The maximum Gasteiger partial charge on any atom is 0.175 e. The van der Waals surface area contributed by atoms with Crippen LogP contribution in [0.3, 0.4) is 0 Å². The van der Waals surface area contributed by atoms with Gasteiger partial charge in [-0.2, -0.15) is 5.10 Å². The molecule has 0 spiro atoms. The molecule has 8 heteroatoms. The number of aromatic nitrogens is 2. The fourth-order valence-corrected chi connectivity index (χ4v) is 3.61. The number of nitrogens with zero attached hydrogens (tertiary/aromatic N) is 2. The van der Waals surface area contributed by atoms with Gasteiger partial charge in [-0.15, -0.1) is 0 Å². The second kappa shape index (κ2) is 9.79. The maximum absolute atomic E-state index is 13.9. The molecule has 0 saturated carbocycles. The van der Waals surface area contributed by atoms with Gasteiger partial charge in [0.05, 0.1) is 29.3 Å². The van der Waals surface area contributed by atoms with Crippen molar-refractivity contribution < 1.29 is 13.5 Å². The van der Waals surface area contributed by atoms with Crippen molar-refractivity contribution in [3.05, 3.63) is 101 Å². The van der Waals surface area contributed by atoms with Crippen LogP contribution in [0.5, 0.6) is 11.5 Å². The number of anilines is 2. The molecule has 0 fully saturated rings. The number of nitrogens with one attached hydrogen (secondary N) is 2. The lowest BCUT2D eigenvalue weighted by atomic mass is 10.2. The standard InChI is InChI=1S/C25H22F2N4OS/c1-16-24(29-25(33)28-23-12-11-19(26)14-22(23)27)17(2)31(30-16)15-18-7-6-10-21(13-18)32-20-8-4-3-5-9-20/h3-14H,15H2,1-2H3,(H2,28,29,33). The minimum atomic E-state index is -0.721. The van der Waals surface area contributed by atoms with Gasteiger partial charge in [0.15, 0.2) is 5.11 Å². The summed E-state index contributed by atoms with van der Waals surface area (Å²) in [6.07, 6.45) is 0. The normalized spacial score (nSPS) is 10.7. The number of benzene rings is 3. The molecule has 0 bridgehead atoms. The van der Waals surface area contributed by atoms with Crippen LogP contribution in [0.15, 0.2) is 72.8 Å². The summed E-state index contributed by atoms with van der Waals surface area (Å²) < 4.78 is 34.8. The Labute approximate surface area is 196 Å². The summed E-state index contributed by atoms with van der Waals surface area (Å²) in [4.78, 5) is 0. The van der Waals surface area contributed by atoms with E-state index in [1.54, 1.807) is 0 Å². The SMILES string of the molecule is Cc1nn(Cc2cccc(Oc3ccccc3)c2)c(C)c1NC(=S)Nc1ccc(F)cc1F.